The van der Waals surface area contributed by atoms with Crippen LogP contribution in [0.4, 0.5) is 0 Å². The number of halogens is 1. The fourth-order valence-corrected chi connectivity index (χ4v) is 7.52. The minimum atomic E-state index is -1.76. The highest BCUT2D eigenvalue weighted by Gasteiger charge is 2.46. The Morgan fingerprint density at radius 3 is 2.43 bits per heavy atom. The molecule has 2 aromatic carbocycles. The number of piperazine rings is 1. The highest BCUT2D eigenvalue weighted by molar-refractivity contribution is 6.31. The maximum atomic E-state index is 13.1. The molecule has 14 heteroatoms. The molecule has 6 rings (SSSR count). The molecule has 2 aliphatic carbocycles. The minimum Gasteiger partial charge on any atom is -0.490 e. The molecule has 304 valence electrons. The smallest absolute Gasteiger partial charge is 0.234 e. The van der Waals surface area contributed by atoms with Gasteiger partial charge in [0.1, 0.15) is 24.1 Å². The highest BCUT2D eigenvalue weighted by Crippen LogP contribution is 2.50. The summed E-state index contributed by atoms with van der Waals surface area (Å²) in [6.45, 7) is 3.79. The van der Waals surface area contributed by atoms with Gasteiger partial charge in [-0.2, -0.15) is 0 Å². The summed E-state index contributed by atoms with van der Waals surface area (Å²) < 4.78 is 6.28. The van der Waals surface area contributed by atoms with Crippen LogP contribution in [-0.4, -0.2) is 129 Å². The SMILES string of the molecule is CC(CCCC(=O)N1CCN(CC(=O)NCC(O)C(O)C(O)C(O)CO)CC1)c1ccc(Cl)c(CNC2(c3cnccc3-c3ccccc3OC3CC3)CC2)c1. The number of benzene rings is 2. The van der Waals surface area contributed by atoms with Crippen molar-refractivity contribution in [3.8, 4) is 16.9 Å². The van der Waals surface area contributed by atoms with E-state index in [0.29, 0.717) is 45.2 Å². The molecule has 1 saturated heterocycles. The van der Waals surface area contributed by atoms with Gasteiger partial charge >= 0.3 is 0 Å². The number of aromatic nitrogens is 1. The number of aliphatic hydroxyl groups excluding tert-OH is 5. The van der Waals surface area contributed by atoms with Gasteiger partial charge in [-0.15, -0.1) is 0 Å². The first-order valence-electron chi connectivity index (χ1n) is 19.8. The molecule has 3 aliphatic rings. The van der Waals surface area contributed by atoms with Gasteiger partial charge in [0.15, 0.2) is 0 Å². The number of ether oxygens (including phenoxy) is 1. The Morgan fingerprint density at radius 1 is 0.982 bits per heavy atom. The molecule has 5 atom stereocenters. The second-order valence-electron chi connectivity index (χ2n) is 15.6. The van der Waals surface area contributed by atoms with Crippen LogP contribution < -0.4 is 15.4 Å². The molecule has 5 unspecified atom stereocenters. The molecule has 3 fully saturated rings. The van der Waals surface area contributed by atoms with E-state index in [-0.39, 0.29) is 36.4 Å². The first-order chi connectivity index (χ1) is 27.0. The Balaban J connectivity index is 0.937. The van der Waals surface area contributed by atoms with E-state index >= 15 is 0 Å². The van der Waals surface area contributed by atoms with Crippen molar-refractivity contribution in [2.24, 2.45) is 0 Å². The van der Waals surface area contributed by atoms with Gasteiger partial charge in [-0.05, 0) is 84.9 Å². The Bertz CT molecular complexity index is 1780. The maximum absolute atomic E-state index is 13.1. The number of nitrogens with one attached hydrogen (secondary N) is 2. The molecule has 2 amide bonds. The van der Waals surface area contributed by atoms with Crippen molar-refractivity contribution in [1.29, 1.82) is 0 Å². The third kappa shape index (κ3) is 10.8. The number of aliphatic hydroxyl groups is 5. The molecular formula is C42H56ClN5O8. The third-order valence-electron chi connectivity index (χ3n) is 11.3. The van der Waals surface area contributed by atoms with Gasteiger partial charge in [-0.25, -0.2) is 0 Å². The van der Waals surface area contributed by atoms with Crippen molar-refractivity contribution in [3.05, 3.63) is 82.6 Å². The van der Waals surface area contributed by atoms with Crippen LogP contribution in [0.3, 0.4) is 0 Å². The fraction of sp³-hybridized carbons (Fsp3) is 0.548. The lowest BCUT2D eigenvalue weighted by atomic mass is 9.93. The van der Waals surface area contributed by atoms with Gasteiger partial charge in [0.05, 0.1) is 25.4 Å². The van der Waals surface area contributed by atoms with Gasteiger partial charge in [-0.3, -0.25) is 19.5 Å². The number of nitrogens with zero attached hydrogens (tertiary/aromatic N) is 3. The Hall–Kier alpha value is -3.66. The Kier molecular flexibility index (Phi) is 14.4. The number of hydrogen-bond donors (Lipinski definition) is 7. The molecule has 3 aromatic rings. The van der Waals surface area contributed by atoms with Crippen molar-refractivity contribution in [1.82, 2.24) is 25.4 Å². The Labute approximate surface area is 333 Å². The van der Waals surface area contributed by atoms with Gasteiger partial charge in [0.25, 0.3) is 0 Å². The summed E-state index contributed by atoms with van der Waals surface area (Å²) in [5.41, 5.74) is 5.44. The summed E-state index contributed by atoms with van der Waals surface area (Å²) in [5, 5.41) is 55.1. The second kappa shape index (κ2) is 19.2. The van der Waals surface area contributed by atoms with Crippen LogP contribution in [0.25, 0.3) is 11.1 Å². The number of rotatable bonds is 20. The van der Waals surface area contributed by atoms with Crippen molar-refractivity contribution in [2.45, 2.75) is 100 Å². The standard InChI is InChI=1S/C42H56ClN5O8/c1-27(5-4-8-39(53)48-19-17-47(18-20-48)25-38(52)45-24-35(50)40(54)41(55)36(51)26-49)28-9-12-34(43)29(21-28)22-46-42(14-15-42)33-23-44-16-13-31(33)32-6-2-3-7-37(32)56-30-10-11-30/h2-3,6-7,9,12-13,16,21,23,27,30,35-36,40-41,46,49-51,54-55H,4-5,8,10-11,14-15,17-20,22,24-26H2,1H3,(H,45,52). The van der Waals surface area contributed by atoms with E-state index in [4.69, 9.17) is 21.4 Å². The number of carbonyl (C=O) groups is 2. The van der Waals surface area contributed by atoms with Crippen molar-refractivity contribution >= 4 is 23.4 Å². The molecule has 1 aromatic heterocycles. The number of hydrogen-bond acceptors (Lipinski definition) is 11. The number of amides is 2. The molecular weight excluding hydrogens is 738 g/mol. The first-order valence-corrected chi connectivity index (χ1v) is 20.2. The van der Waals surface area contributed by atoms with E-state index in [1.807, 2.05) is 34.3 Å². The summed E-state index contributed by atoms with van der Waals surface area (Å²) in [6.07, 6.45) is 3.75. The van der Waals surface area contributed by atoms with Gasteiger partial charge < -0.3 is 45.8 Å². The predicted molar refractivity (Wildman–Crippen MR) is 212 cm³/mol. The lowest BCUT2D eigenvalue weighted by Gasteiger charge is -2.34. The van der Waals surface area contributed by atoms with Crippen molar-refractivity contribution < 1.29 is 39.9 Å². The monoisotopic (exact) mass is 793 g/mol. The highest BCUT2D eigenvalue weighted by atomic mass is 35.5. The molecule has 2 saturated carbocycles. The van der Waals surface area contributed by atoms with E-state index in [9.17, 15) is 30.0 Å². The van der Waals surface area contributed by atoms with Crippen LogP contribution in [-0.2, 0) is 21.7 Å². The largest absolute Gasteiger partial charge is 0.490 e. The van der Waals surface area contributed by atoms with Crippen LogP contribution in [0.15, 0.2) is 60.9 Å². The van der Waals surface area contributed by atoms with Gasteiger partial charge in [0.2, 0.25) is 11.8 Å². The van der Waals surface area contributed by atoms with Gasteiger partial charge in [0, 0.05) is 74.2 Å². The molecule has 0 radical (unpaired) electrons. The summed E-state index contributed by atoms with van der Waals surface area (Å²) in [7, 11) is 0. The van der Waals surface area contributed by atoms with Crippen LogP contribution in [0.2, 0.25) is 5.02 Å². The first kappa shape index (κ1) is 42.0. The zero-order chi connectivity index (χ0) is 39.8. The van der Waals surface area contributed by atoms with Crippen LogP contribution in [0.1, 0.15) is 74.5 Å². The van der Waals surface area contributed by atoms with E-state index in [1.165, 1.54) is 11.1 Å². The zero-order valence-electron chi connectivity index (χ0n) is 32.0. The molecule has 13 nitrogen and oxygen atoms in total. The summed E-state index contributed by atoms with van der Waals surface area (Å²) in [5.74, 6) is 0.865. The van der Waals surface area contributed by atoms with Crippen LogP contribution in [0, 0.1) is 0 Å². The maximum Gasteiger partial charge on any atom is 0.234 e. The van der Waals surface area contributed by atoms with Gasteiger partial charge in [-0.1, -0.05) is 48.9 Å². The second-order valence-corrected chi connectivity index (χ2v) is 16.0. The van der Waals surface area contributed by atoms with Crippen LogP contribution >= 0.6 is 11.6 Å². The lowest BCUT2D eigenvalue weighted by molar-refractivity contribution is -0.133. The zero-order valence-corrected chi connectivity index (χ0v) is 32.8. The summed E-state index contributed by atoms with van der Waals surface area (Å²) >= 11 is 6.75. The molecule has 0 spiro atoms. The fourth-order valence-electron chi connectivity index (χ4n) is 7.34. The quantitative estimate of drug-likeness (QED) is 0.0892. The number of pyridine rings is 1. The van der Waals surface area contributed by atoms with E-state index < -0.39 is 31.0 Å². The third-order valence-corrected chi connectivity index (χ3v) is 11.7. The average molecular weight is 794 g/mol. The summed E-state index contributed by atoms with van der Waals surface area (Å²) in [4.78, 5) is 33.8. The van der Waals surface area contributed by atoms with E-state index in [0.717, 1.165) is 66.0 Å². The predicted octanol–water partition coefficient (Wildman–Crippen LogP) is 2.69. The number of carbonyl (C=O) groups excluding carboxylic acids is 2. The normalized spacial score (nSPS) is 19.4. The molecule has 7 N–H and O–H groups in total. The van der Waals surface area contributed by atoms with Crippen molar-refractivity contribution in [2.75, 3.05) is 45.9 Å². The lowest BCUT2D eigenvalue weighted by Crippen LogP contribution is -2.53. The molecule has 2 heterocycles. The summed E-state index contributed by atoms with van der Waals surface area (Å²) in [6, 6.07) is 16.6. The number of para-hydroxylation sites is 1. The molecule has 1 aliphatic heterocycles. The van der Waals surface area contributed by atoms with Crippen LogP contribution in [0.5, 0.6) is 5.75 Å². The topological polar surface area (TPSA) is 188 Å². The minimum absolute atomic E-state index is 0.0541. The van der Waals surface area contributed by atoms with Crippen molar-refractivity contribution in [3.63, 3.8) is 0 Å². The Morgan fingerprint density at radius 2 is 1.71 bits per heavy atom. The van der Waals surface area contributed by atoms with E-state index in [1.54, 1.807) is 0 Å². The molecule has 0 bridgehead atoms. The average Bonchev–Trinajstić information content (AvgIpc) is 4.17. The molecule has 56 heavy (non-hydrogen) atoms. The van der Waals surface area contributed by atoms with E-state index in [2.05, 4.69) is 58.9 Å².